The summed E-state index contributed by atoms with van der Waals surface area (Å²) in [4.78, 5) is 12.8. The fourth-order valence-corrected chi connectivity index (χ4v) is 1.88. The van der Waals surface area contributed by atoms with Crippen molar-refractivity contribution < 1.29 is 4.39 Å². The Hall–Kier alpha value is -2.50. The van der Waals surface area contributed by atoms with Gasteiger partial charge in [-0.2, -0.15) is 0 Å². The second-order valence-corrected chi connectivity index (χ2v) is 4.01. The predicted molar refractivity (Wildman–Crippen MR) is 70.3 cm³/mol. The van der Waals surface area contributed by atoms with Crippen LogP contribution in [0.5, 0.6) is 0 Å². The second-order valence-electron chi connectivity index (χ2n) is 4.01. The summed E-state index contributed by atoms with van der Waals surface area (Å²) in [5.74, 6) is 0.921. The third kappa shape index (κ3) is 2.12. The van der Waals surface area contributed by atoms with E-state index in [2.05, 4.69) is 20.3 Å². The highest BCUT2D eigenvalue weighted by molar-refractivity contribution is 5.58. The van der Waals surface area contributed by atoms with Crippen LogP contribution in [-0.4, -0.2) is 25.9 Å². The topological polar surface area (TPSA) is 55.1 Å². The monoisotopic (exact) mass is 257 g/mol. The number of nitrogens with zero attached hydrogens (tertiary/aromatic N) is 4. The van der Waals surface area contributed by atoms with Gasteiger partial charge < -0.3 is 5.32 Å². The molecule has 0 bridgehead atoms. The number of nitrogens with one attached hydrogen (secondary N) is 1. The Labute approximate surface area is 109 Å². The molecule has 0 radical (unpaired) electrons. The molecule has 0 aliphatic heterocycles. The third-order valence-electron chi connectivity index (χ3n) is 2.71. The van der Waals surface area contributed by atoms with Gasteiger partial charge in [-0.1, -0.05) is 0 Å². The largest absolute Gasteiger partial charge is 0.370 e. The van der Waals surface area contributed by atoms with Crippen LogP contribution >= 0.6 is 0 Å². The van der Waals surface area contributed by atoms with Crippen LogP contribution in [0.25, 0.3) is 17.2 Å². The SMILES string of the molecule is CCNc1ccnc(-c2cnc3ccc(F)cn23)n1. The van der Waals surface area contributed by atoms with Crippen LogP contribution in [0.1, 0.15) is 6.92 Å². The number of imidazole rings is 1. The molecule has 0 aliphatic rings. The van der Waals surface area contributed by atoms with Crippen LogP contribution in [0.2, 0.25) is 0 Å². The fourth-order valence-electron chi connectivity index (χ4n) is 1.88. The standard InChI is InChI=1S/C13H12FN5/c1-2-15-11-5-6-16-13(18-11)10-7-17-12-4-3-9(14)8-19(10)12/h3-8H,2H2,1H3,(H,15,16,18). The van der Waals surface area contributed by atoms with E-state index >= 15 is 0 Å². The maximum absolute atomic E-state index is 13.3. The van der Waals surface area contributed by atoms with E-state index in [1.807, 2.05) is 6.92 Å². The Bertz CT molecular complexity index is 722. The number of fused-ring (bicyclic) bond motifs is 1. The normalized spacial score (nSPS) is 10.8. The quantitative estimate of drug-likeness (QED) is 0.782. The van der Waals surface area contributed by atoms with Gasteiger partial charge in [0.15, 0.2) is 5.82 Å². The molecule has 19 heavy (non-hydrogen) atoms. The van der Waals surface area contributed by atoms with Crippen molar-refractivity contribution >= 4 is 11.5 Å². The Morgan fingerprint density at radius 3 is 3.00 bits per heavy atom. The minimum Gasteiger partial charge on any atom is -0.370 e. The molecule has 1 N–H and O–H groups in total. The van der Waals surface area contributed by atoms with Gasteiger partial charge in [-0.15, -0.1) is 0 Å². The molecular weight excluding hydrogens is 245 g/mol. The van der Waals surface area contributed by atoms with Gasteiger partial charge in [0.1, 0.15) is 23.0 Å². The maximum atomic E-state index is 13.3. The Morgan fingerprint density at radius 1 is 1.26 bits per heavy atom. The summed E-state index contributed by atoms with van der Waals surface area (Å²) in [6, 6.07) is 4.78. The maximum Gasteiger partial charge on any atom is 0.180 e. The second kappa shape index (κ2) is 4.64. The molecule has 0 spiro atoms. The van der Waals surface area contributed by atoms with Crippen LogP contribution in [-0.2, 0) is 0 Å². The summed E-state index contributed by atoms with van der Waals surface area (Å²) in [6.07, 6.45) is 4.68. The van der Waals surface area contributed by atoms with Crippen molar-refractivity contribution in [2.75, 3.05) is 11.9 Å². The van der Waals surface area contributed by atoms with Gasteiger partial charge in [-0.05, 0) is 25.1 Å². The highest BCUT2D eigenvalue weighted by Crippen LogP contribution is 2.18. The zero-order chi connectivity index (χ0) is 13.2. The smallest absolute Gasteiger partial charge is 0.180 e. The average Bonchev–Trinajstić information content (AvgIpc) is 2.82. The molecule has 3 rings (SSSR count). The molecule has 3 aromatic heterocycles. The van der Waals surface area contributed by atoms with E-state index in [4.69, 9.17) is 0 Å². The van der Waals surface area contributed by atoms with E-state index in [1.54, 1.807) is 28.9 Å². The van der Waals surface area contributed by atoms with E-state index in [1.165, 1.54) is 12.3 Å². The highest BCUT2D eigenvalue weighted by atomic mass is 19.1. The molecule has 0 aromatic carbocycles. The first-order valence-corrected chi connectivity index (χ1v) is 5.98. The van der Waals surface area contributed by atoms with E-state index in [-0.39, 0.29) is 5.82 Å². The first kappa shape index (κ1) is 11.6. The molecule has 0 atom stereocenters. The number of aromatic nitrogens is 4. The molecule has 0 amide bonds. The summed E-state index contributed by atoms with van der Waals surface area (Å²) in [7, 11) is 0. The molecule has 0 saturated carbocycles. The first-order valence-electron chi connectivity index (χ1n) is 5.98. The van der Waals surface area contributed by atoms with Gasteiger partial charge >= 0.3 is 0 Å². The Morgan fingerprint density at radius 2 is 2.16 bits per heavy atom. The molecule has 0 saturated heterocycles. The molecule has 0 aliphatic carbocycles. The summed E-state index contributed by atoms with van der Waals surface area (Å²) >= 11 is 0. The van der Waals surface area contributed by atoms with Gasteiger partial charge in [0.2, 0.25) is 0 Å². The number of rotatable bonds is 3. The van der Waals surface area contributed by atoms with Crippen molar-refractivity contribution in [3.05, 3.63) is 42.6 Å². The summed E-state index contributed by atoms with van der Waals surface area (Å²) < 4.78 is 14.9. The molecule has 0 fully saturated rings. The summed E-state index contributed by atoms with van der Waals surface area (Å²) in [5.41, 5.74) is 1.32. The van der Waals surface area contributed by atoms with Gasteiger partial charge in [-0.25, -0.2) is 19.3 Å². The van der Waals surface area contributed by atoms with Crippen molar-refractivity contribution in [2.24, 2.45) is 0 Å². The third-order valence-corrected chi connectivity index (χ3v) is 2.71. The molecular formula is C13H12FN5. The Balaban J connectivity index is 2.13. The number of anilines is 1. The van der Waals surface area contributed by atoms with Crippen molar-refractivity contribution in [1.29, 1.82) is 0 Å². The van der Waals surface area contributed by atoms with Gasteiger partial charge in [-0.3, -0.25) is 4.40 Å². The Kier molecular flexibility index (Phi) is 2.83. The lowest BCUT2D eigenvalue weighted by Gasteiger charge is -2.04. The van der Waals surface area contributed by atoms with Gasteiger partial charge in [0.05, 0.1) is 6.20 Å². The van der Waals surface area contributed by atoms with Crippen LogP contribution in [0.15, 0.2) is 36.8 Å². The summed E-state index contributed by atoms with van der Waals surface area (Å²) in [5, 5.41) is 3.11. The van der Waals surface area contributed by atoms with Crippen molar-refractivity contribution in [2.45, 2.75) is 6.92 Å². The first-order chi connectivity index (χ1) is 9.28. The molecule has 3 aromatic rings. The lowest BCUT2D eigenvalue weighted by atomic mass is 10.4. The van der Waals surface area contributed by atoms with Crippen molar-refractivity contribution in [3.8, 4) is 11.5 Å². The number of halogens is 1. The van der Waals surface area contributed by atoms with Crippen LogP contribution in [0.3, 0.4) is 0 Å². The van der Waals surface area contributed by atoms with E-state index in [9.17, 15) is 4.39 Å². The van der Waals surface area contributed by atoms with Gasteiger partial charge in [0, 0.05) is 18.9 Å². The lowest BCUT2D eigenvalue weighted by Crippen LogP contribution is -2.01. The lowest BCUT2D eigenvalue weighted by molar-refractivity contribution is 0.619. The van der Waals surface area contributed by atoms with Gasteiger partial charge in [0.25, 0.3) is 0 Å². The molecule has 3 heterocycles. The van der Waals surface area contributed by atoms with Crippen molar-refractivity contribution in [1.82, 2.24) is 19.4 Å². The molecule has 5 nitrogen and oxygen atoms in total. The predicted octanol–water partition coefficient (Wildman–Crippen LogP) is 2.36. The number of hydrogen-bond acceptors (Lipinski definition) is 4. The average molecular weight is 257 g/mol. The van der Waals surface area contributed by atoms with Crippen LogP contribution in [0.4, 0.5) is 10.2 Å². The highest BCUT2D eigenvalue weighted by Gasteiger charge is 2.09. The van der Waals surface area contributed by atoms with E-state index in [0.29, 0.717) is 17.2 Å². The molecule has 6 heteroatoms. The van der Waals surface area contributed by atoms with Crippen LogP contribution in [0, 0.1) is 5.82 Å². The minimum absolute atomic E-state index is 0.324. The molecule has 96 valence electrons. The van der Waals surface area contributed by atoms with E-state index < -0.39 is 0 Å². The fraction of sp³-hybridized carbons (Fsp3) is 0.154. The molecule has 0 unspecified atom stereocenters. The van der Waals surface area contributed by atoms with E-state index in [0.717, 1.165) is 12.4 Å². The zero-order valence-corrected chi connectivity index (χ0v) is 10.3. The number of hydrogen-bond donors (Lipinski definition) is 1. The summed E-state index contributed by atoms with van der Waals surface area (Å²) in [6.45, 7) is 2.77. The number of pyridine rings is 1. The van der Waals surface area contributed by atoms with Crippen LogP contribution < -0.4 is 5.32 Å². The van der Waals surface area contributed by atoms with Crippen molar-refractivity contribution in [3.63, 3.8) is 0 Å². The minimum atomic E-state index is -0.324. The zero-order valence-electron chi connectivity index (χ0n) is 10.3.